The van der Waals surface area contributed by atoms with Gasteiger partial charge in [0.25, 0.3) is 0 Å². The number of nitrogens with zero attached hydrogens (tertiary/aromatic N) is 4. The van der Waals surface area contributed by atoms with Crippen LogP contribution in [-0.2, 0) is 33.4 Å². The van der Waals surface area contributed by atoms with Gasteiger partial charge in [-0.25, -0.2) is 0 Å². The van der Waals surface area contributed by atoms with Gasteiger partial charge in [-0.3, -0.25) is 28.9 Å². The van der Waals surface area contributed by atoms with Gasteiger partial charge in [-0.2, -0.15) is 0 Å². The molecule has 2 bridgehead atoms. The van der Waals surface area contributed by atoms with Crippen LogP contribution in [0.5, 0.6) is 0 Å². The van der Waals surface area contributed by atoms with Gasteiger partial charge in [-0.05, 0) is 172 Å². The van der Waals surface area contributed by atoms with Crippen molar-refractivity contribution in [3.63, 3.8) is 0 Å². The van der Waals surface area contributed by atoms with Crippen LogP contribution in [0, 0.1) is 79.8 Å². The van der Waals surface area contributed by atoms with Crippen LogP contribution in [0.3, 0.4) is 0 Å². The minimum Gasteiger partial charge on any atom is -0.393 e. The first-order valence-corrected chi connectivity index (χ1v) is 31.7. The Labute approximate surface area is 479 Å². The van der Waals surface area contributed by atoms with E-state index in [1.54, 1.807) is 26.2 Å². The van der Waals surface area contributed by atoms with Crippen LogP contribution in [-0.4, -0.2) is 158 Å². The van der Waals surface area contributed by atoms with Crippen LogP contribution in [0.4, 0.5) is 0 Å². The maximum Gasteiger partial charge on any atom is 0.245 e. The fraction of sp³-hybridized carbons (Fsp3) is 0.923. The summed E-state index contributed by atoms with van der Waals surface area (Å²) in [5.41, 5.74) is 0.268. The van der Waals surface area contributed by atoms with Gasteiger partial charge in [0.2, 0.25) is 29.5 Å². The van der Waals surface area contributed by atoms with E-state index >= 15 is 4.79 Å². The highest BCUT2D eigenvalue weighted by Crippen LogP contribution is 2.78. The normalized spacial score (nSPS) is 36.3. The van der Waals surface area contributed by atoms with E-state index in [1.807, 2.05) is 58.5 Å². The molecule has 0 aromatic carbocycles. The molecule has 2 saturated heterocycles. The second-order valence-electron chi connectivity index (χ2n) is 30.1. The van der Waals surface area contributed by atoms with Gasteiger partial charge in [0.15, 0.2) is 0 Å². The maximum absolute atomic E-state index is 15.2. The molecule has 0 aromatic heterocycles. The summed E-state index contributed by atoms with van der Waals surface area (Å²) in [6.45, 7) is 33.1. The van der Waals surface area contributed by atoms with Crippen molar-refractivity contribution in [1.29, 1.82) is 0 Å². The number of rotatable bonds is 22. The number of likely N-dealkylation sites (tertiary alicyclic amines) is 2. The van der Waals surface area contributed by atoms with Gasteiger partial charge >= 0.3 is 0 Å². The Morgan fingerprint density at radius 1 is 0.772 bits per heavy atom. The number of nitrogens with one attached hydrogen (secondary N) is 2. The largest absolute Gasteiger partial charge is 0.393 e. The number of amides is 5. The lowest BCUT2D eigenvalue weighted by molar-refractivity contribution is -0.250. The van der Waals surface area contributed by atoms with Crippen LogP contribution in [0.15, 0.2) is 0 Å². The molecule has 3 N–H and O–H groups in total. The van der Waals surface area contributed by atoms with Crippen LogP contribution < -0.4 is 10.6 Å². The van der Waals surface area contributed by atoms with Crippen molar-refractivity contribution in [2.75, 3.05) is 55.0 Å². The summed E-state index contributed by atoms with van der Waals surface area (Å²) in [5, 5.41) is 17.6. The summed E-state index contributed by atoms with van der Waals surface area (Å²) in [7, 11) is 8.74. The van der Waals surface area contributed by atoms with E-state index < -0.39 is 36.3 Å². The van der Waals surface area contributed by atoms with E-state index in [1.165, 1.54) is 25.7 Å². The Bertz CT molecular complexity index is 2180. The lowest BCUT2D eigenvalue weighted by Crippen LogP contribution is -2.68. The number of carbonyl (C=O) groups is 5. The Balaban J connectivity index is 0.963. The van der Waals surface area contributed by atoms with Gasteiger partial charge in [0.05, 0.1) is 54.2 Å². The Hall–Kier alpha value is -2.81. The minimum absolute atomic E-state index is 0.0161. The van der Waals surface area contributed by atoms with Crippen molar-refractivity contribution in [3.8, 4) is 0 Å². The second-order valence-corrected chi connectivity index (χ2v) is 30.1. The van der Waals surface area contributed by atoms with Crippen LogP contribution in [0.2, 0.25) is 0 Å². The van der Waals surface area contributed by atoms with E-state index in [0.717, 1.165) is 64.2 Å². The van der Waals surface area contributed by atoms with Crippen LogP contribution >= 0.6 is 0 Å². The third kappa shape index (κ3) is 11.0. The summed E-state index contributed by atoms with van der Waals surface area (Å²) in [5.74, 6) is 1.18. The number of likely N-dealkylation sites (N-methyl/N-ethyl adjacent to an activating group) is 2. The summed E-state index contributed by atoms with van der Waals surface area (Å²) >= 11 is 0. The molecule has 7 aliphatic rings. The van der Waals surface area contributed by atoms with Crippen molar-refractivity contribution >= 4 is 29.5 Å². The van der Waals surface area contributed by atoms with Gasteiger partial charge < -0.3 is 39.9 Å². The number of hydrogen-bond donors (Lipinski definition) is 3. The zero-order valence-corrected chi connectivity index (χ0v) is 53.3. The van der Waals surface area contributed by atoms with Crippen molar-refractivity contribution in [3.05, 3.63) is 0 Å². The SMILES string of the molecule is CC[C@H](C)[C@@H]([C@@H](CC(=O)N1CCCC1[C@H](OC)[C@@H](C)C(=O)NCCCCN1C(=O)[C@]23CCC(C)(C)C1C2[C@H]1CCC2[C@@]4(C)CC[C@H](O)C(C)(C)C4CC[C@@]2(C)[C@]1(C)CC3)OC)N(C)C(=O)[C@@H](NC(=O)[C@H](C(C)C)N(C)C)C(C)C. The van der Waals surface area contributed by atoms with Gasteiger partial charge in [0.1, 0.15) is 6.04 Å². The first kappa shape index (κ1) is 63.8. The highest BCUT2D eigenvalue weighted by atomic mass is 16.5. The van der Waals surface area contributed by atoms with Gasteiger partial charge in [-0.1, -0.05) is 103 Å². The third-order valence-electron chi connectivity index (χ3n) is 24.5. The molecule has 18 atom stereocenters. The van der Waals surface area contributed by atoms with Gasteiger partial charge in [0, 0.05) is 46.9 Å². The van der Waals surface area contributed by atoms with Crippen molar-refractivity contribution < 1.29 is 38.6 Å². The number of unbranched alkanes of at least 4 members (excludes halogenated alkanes) is 1. The lowest BCUT2D eigenvalue weighted by atomic mass is 9.31. The van der Waals surface area contributed by atoms with E-state index in [0.29, 0.717) is 55.6 Å². The predicted molar refractivity (Wildman–Crippen MR) is 313 cm³/mol. The number of carbonyl (C=O) groups excluding carboxylic acids is 5. The standard InChI is InChI=1S/C65H114N6O8/c1-20-41(6)53(69(17)58(76)51(39(2)3)67-57(75)52(40(4)5)68(15)16)45(78-18)38-49(73)70-37-23-24-44(70)54(79-19)42(7)56(74)66-35-21-22-36-71-55-50-43-25-26-47-62(12)29-28-48(72)61(10,11)46(62)27-30-64(47,14)63(43,13)32-34-65(50,59(71)77)33-31-60(55,8)9/h39-48,50-55,72H,20-38H2,1-19H3,(H,66,74)(H,67,75)/t41-,42+,43+,44?,45+,46?,47?,48-,50?,51-,52-,53-,54+,55?,62-,63+,64+,65-/m0/s1. The molecule has 5 unspecified atom stereocenters. The summed E-state index contributed by atoms with van der Waals surface area (Å²) in [4.78, 5) is 79.6. The minimum atomic E-state index is -0.759. The molecule has 0 spiro atoms. The number of methoxy groups -OCH3 is 2. The number of aliphatic hydroxyl groups excluding tert-OH is 1. The fourth-order valence-electron chi connectivity index (χ4n) is 19.9. The van der Waals surface area contributed by atoms with Crippen molar-refractivity contribution in [2.45, 2.75) is 248 Å². The highest BCUT2D eigenvalue weighted by Gasteiger charge is 2.75. The summed E-state index contributed by atoms with van der Waals surface area (Å²) in [6, 6.07) is -1.69. The molecule has 2 aliphatic heterocycles. The van der Waals surface area contributed by atoms with Crippen molar-refractivity contribution in [1.82, 2.24) is 30.2 Å². The molecule has 5 amide bonds. The fourth-order valence-corrected chi connectivity index (χ4v) is 19.9. The average molecular weight is 1110 g/mol. The smallest absolute Gasteiger partial charge is 0.245 e. The molecule has 0 radical (unpaired) electrons. The summed E-state index contributed by atoms with van der Waals surface area (Å²) < 4.78 is 12.3. The molecule has 7 fully saturated rings. The molecule has 14 heteroatoms. The quantitative estimate of drug-likeness (QED) is 0.0898. The van der Waals surface area contributed by atoms with E-state index in [2.05, 4.69) is 77.8 Å². The second kappa shape index (κ2) is 24.0. The molecular weight excluding hydrogens is 993 g/mol. The third-order valence-corrected chi connectivity index (χ3v) is 24.5. The Kier molecular flexibility index (Phi) is 19.4. The average Bonchev–Trinajstić information content (AvgIpc) is 2.38. The molecule has 2 heterocycles. The number of hydrogen-bond acceptors (Lipinski definition) is 9. The van der Waals surface area contributed by atoms with E-state index in [9.17, 15) is 24.3 Å². The molecule has 452 valence electrons. The highest BCUT2D eigenvalue weighted by molar-refractivity contribution is 5.90. The van der Waals surface area contributed by atoms with Crippen molar-refractivity contribution in [2.24, 2.45) is 79.8 Å². The zero-order valence-electron chi connectivity index (χ0n) is 53.3. The number of fused-ring (bicyclic) bond motifs is 5. The molecule has 5 saturated carbocycles. The lowest BCUT2D eigenvalue weighted by Gasteiger charge is -2.73. The number of aliphatic hydroxyl groups is 1. The number of ether oxygens (including phenoxy) is 2. The van der Waals surface area contributed by atoms with Crippen LogP contribution in [0.25, 0.3) is 0 Å². The first-order valence-electron chi connectivity index (χ1n) is 31.7. The van der Waals surface area contributed by atoms with E-state index in [-0.39, 0.29) is 98.5 Å². The molecule has 7 rings (SSSR count). The molecular formula is C65H114N6O8. The maximum atomic E-state index is 15.2. The molecule has 5 aliphatic carbocycles. The molecule has 0 aromatic rings. The molecule has 14 nitrogen and oxygen atoms in total. The van der Waals surface area contributed by atoms with Crippen LogP contribution in [0.1, 0.15) is 200 Å². The summed E-state index contributed by atoms with van der Waals surface area (Å²) in [6.07, 6.45) is 13.6. The van der Waals surface area contributed by atoms with E-state index in [4.69, 9.17) is 9.47 Å². The zero-order chi connectivity index (χ0) is 58.7. The predicted octanol–water partition coefficient (Wildman–Crippen LogP) is 9.59. The van der Waals surface area contributed by atoms with Gasteiger partial charge in [-0.15, -0.1) is 0 Å². The monoisotopic (exact) mass is 1110 g/mol. The Morgan fingerprint density at radius 2 is 1.44 bits per heavy atom. The Morgan fingerprint density at radius 3 is 2.05 bits per heavy atom. The first-order chi connectivity index (χ1) is 36.9. The molecule has 79 heavy (non-hydrogen) atoms. The topological polar surface area (TPSA) is 161 Å².